The van der Waals surface area contributed by atoms with Crippen LogP contribution in [0.5, 0.6) is 0 Å². The van der Waals surface area contributed by atoms with Crippen LogP contribution in [-0.2, 0) is 6.54 Å². The molecule has 1 atom stereocenters. The molecular formula is C15H16N4. The lowest BCUT2D eigenvalue weighted by Crippen LogP contribution is -2.18. The number of nitrogens with one attached hydrogen (secondary N) is 2. The average Bonchev–Trinajstić information content (AvgIpc) is 2.88. The fraction of sp³-hybridized carbons (Fsp3) is 0.200. The van der Waals surface area contributed by atoms with E-state index in [4.69, 9.17) is 0 Å². The van der Waals surface area contributed by atoms with Crippen molar-refractivity contribution in [2.45, 2.75) is 19.5 Å². The third-order valence-corrected chi connectivity index (χ3v) is 3.20. The molecular weight excluding hydrogens is 236 g/mol. The van der Waals surface area contributed by atoms with Crippen molar-refractivity contribution in [3.63, 3.8) is 0 Å². The van der Waals surface area contributed by atoms with Gasteiger partial charge in [0.05, 0.1) is 17.6 Å². The molecule has 0 saturated heterocycles. The molecule has 3 rings (SSSR count). The number of para-hydroxylation sites is 2. The quantitative estimate of drug-likeness (QED) is 0.750. The molecule has 0 aliphatic carbocycles. The van der Waals surface area contributed by atoms with Gasteiger partial charge in [-0.15, -0.1) is 0 Å². The molecule has 1 aromatic carbocycles. The van der Waals surface area contributed by atoms with Gasteiger partial charge >= 0.3 is 0 Å². The van der Waals surface area contributed by atoms with Crippen LogP contribution in [0.3, 0.4) is 0 Å². The van der Waals surface area contributed by atoms with Crippen LogP contribution in [0.4, 0.5) is 0 Å². The first-order valence-corrected chi connectivity index (χ1v) is 6.40. The second-order valence-electron chi connectivity index (χ2n) is 4.59. The smallest absolute Gasteiger partial charge is 0.121 e. The lowest BCUT2D eigenvalue weighted by molar-refractivity contribution is 0.561. The Morgan fingerprint density at radius 1 is 1.21 bits per heavy atom. The minimum absolute atomic E-state index is 0.252. The molecule has 2 heterocycles. The van der Waals surface area contributed by atoms with Crippen LogP contribution >= 0.6 is 0 Å². The first-order chi connectivity index (χ1) is 9.33. The summed E-state index contributed by atoms with van der Waals surface area (Å²) in [5, 5.41) is 3.44. The van der Waals surface area contributed by atoms with E-state index in [1.165, 1.54) is 5.56 Å². The van der Waals surface area contributed by atoms with E-state index < -0.39 is 0 Å². The van der Waals surface area contributed by atoms with Crippen molar-refractivity contribution in [2.75, 3.05) is 0 Å². The van der Waals surface area contributed by atoms with E-state index in [0.717, 1.165) is 16.9 Å². The largest absolute Gasteiger partial charge is 0.341 e. The molecule has 96 valence electrons. The van der Waals surface area contributed by atoms with Crippen LogP contribution in [0.15, 0.2) is 48.8 Å². The number of rotatable bonds is 4. The predicted octanol–water partition coefficient (Wildman–Crippen LogP) is 2.81. The number of imidazole rings is 1. The van der Waals surface area contributed by atoms with Gasteiger partial charge in [0.1, 0.15) is 5.82 Å². The summed E-state index contributed by atoms with van der Waals surface area (Å²) >= 11 is 0. The fourth-order valence-electron chi connectivity index (χ4n) is 2.09. The van der Waals surface area contributed by atoms with E-state index in [1.54, 1.807) is 6.20 Å². The van der Waals surface area contributed by atoms with E-state index in [-0.39, 0.29) is 6.04 Å². The van der Waals surface area contributed by atoms with Gasteiger partial charge in [-0.3, -0.25) is 4.98 Å². The number of H-pyrrole nitrogens is 1. The highest BCUT2D eigenvalue weighted by molar-refractivity contribution is 5.74. The van der Waals surface area contributed by atoms with Gasteiger partial charge in [0, 0.05) is 18.4 Å². The van der Waals surface area contributed by atoms with Crippen LogP contribution in [-0.4, -0.2) is 15.0 Å². The third-order valence-electron chi connectivity index (χ3n) is 3.20. The highest BCUT2D eigenvalue weighted by Crippen LogP contribution is 2.13. The summed E-state index contributed by atoms with van der Waals surface area (Å²) in [5.41, 5.74) is 3.26. The summed E-state index contributed by atoms with van der Waals surface area (Å²) in [7, 11) is 0. The third kappa shape index (κ3) is 2.63. The molecule has 0 saturated carbocycles. The highest BCUT2D eigenvalue weighted by Gasteiger charge is 2.06. The Morgan fingerprint density at radius 3 is 2.89 bits per heavy atom. The number of hydrogen-bond acceptors (Lipinski definition) is 3. The number of aromatic nitrogens is 3. The standard InChI is InChI=1S/C15H16N4/c1-11(12-5-4-8-16-9-12)17-10-15-18-13-6-2-3-7-14(13)19-15/h2-9,11,17H,10H2,1H3,(H,18,19). The van der Waals surface area contributed by atoms with Gasteiger partial charge in [-0.25, -0.2) is 4.98 Å². The second kappa shape index (κ2) is 5.20. The van der Waals surface area contributed by atoms with E-state index >= 15 is 0 Å². The first-order valence-electron chi connectivity index (χ1n) is 6.40. The summed E-state index contributed by atoms with van der Waals surface area (Å²) in [6.45, 7) is 2.84. The number of hydrogen-bond donors (Lipinski definition) is 2. The number of aromatic amines is 1. The monoisotopic (exact) mass is 252 g/mol. The molecule has 0 aliphatic rings. The Bertz CT molecular complexity index is 627. The van der Waals surface area contributed by atoms with Gasteiger partial charge in [-0.05, 0) is 30.7 Å². The Labute approximate surface area is 111 Å². The lowest BCUT2D eigenvalue weighted by Gasteiger charge is -2.12. The molecule has 2 aromatic heterocycles. The van der Waals surface area contributed by atoms with Gasteiger partial charge in [-0.2, -0.15) is 0 Å². The zero-order chi connectivity index (χ0) is 13.1. The molecule has 4 nitrogen and oxygen atoms in total. The minimum Gasteiger partial charge on any atom is -0.341 e. The van der Waals surface area contributed by atoms with E-state index in [2.05, 4.69) is 33.3 Å². The van der Waals surface area contributed by atoms with Crippen molar-refractivity contribution >= 4 is 11.0 Å². The van der Waals surface area contributed by atoms with Crippen LogP contribution < -0.4 is 5.32 Å². The van der Waals surface area contributed by atoms with Crippen molar-refractivity contribution in [3.05, 3.63) is 60.2 Å². The van der Waals surface area contributed by atoms with E-state index in [1.807, 2.05) is 36.5 Å². The van der Waals surface area contributed by atoms with Gasteiger partial charge in [-0.1, -0.05) is 18.2 Å². The maximum absolute atomic E-state index is 4.54. The first kappa shape index (κ1) is 11.9. The van der Waals surface area contributed by atoms with Crippen LogP contribution in [0.2, 0.25) is 0 Å². The predicted molar refractivity (Wildman–Crippen MR) is 75.6 cm³/mol. The summed E-state index contributed by atoms with van der Waals surface area (Å²) in [6.07, 6.45) is 3.67. The lowest BCUT2D eigenvalue weighted by atomic mass is 10.1. The van der Waals surface area contributed by atoms with Crippen molar-refractivity contribution in [1.29, 1.82) is 0 Å². The molecule has 0 radical (unpaired) electrons. The second-order valence-corrected chi connectivity index (χ2v) is 4.59. The maximum atomic E-state index is 4.54. The van der Waals surface area contributed by atoms with Crippen LogP contribution in [0.25, 0.3) is 11.0 Å². The molecule has 3 aromatic rings. The number of benzene rings is 1. The Balaban J connectivity index is 1.69. The Hall–Kier alpha value is -2.20. The summed E-state index contributed by atoms with van der Waals surface area (Å²) in [4.78, 5) is 12.0. The van der Waals surface area contributed by atoms with Crippen molar-refractivity contribution in [3.8, 4) is 0 Å². The van der Waals surface area contributed by atoms with Gasteiger partial charge in [0.2, 0.25) is 0 Å². The van der Waals surface area contributed by atoms with Crippen LogP contribution in [0, 0.1) is 0 Å². The molecule has 0 aliphatic heterocycles. The topological polar surface area (TPSA) is 53.6 Å². The van der Waals surface area contributed by atoms with Crippen LogP contribution in [0.1, 0.15) is 24.4 Å². The minimum atomic E-state index is 0.252. The number of fused-ring (bicyclic) bond motifs is 1. The van der Waals surface area contributed by atoms with Gasteiger partial charge < -0.3 is 10.3 Å². The molecule has 0 spiro atoms. The number of pyridine rings is 1. The van der Waals surface area contributed by atoms with Crippen molar-refractivity contribution < 1.29 is 0 Å². The summed E-state index contributed by atoms with van der Waals surface area (Å²) < 4.78 is 0. The molecule has 0 amide bonds. The molecule has 2 N–H and O–H groups in total. The fourth-order valence-corrected chi connectivity index (χ4v) is 2.09. The normalized spacial score (nSPS) is 12.7. The Morgan fingerprint density at radius 2 is 2.11 bits per heavy atom. The van der Waals surface area contributed by atoms with Crippen molar-refractivity contribution in [1.82, 2.24) is 20.3 Å². The van der Waals surface area contributed by atoms with Crippen molar-refractivity contribution in [2.24, 2.45) is 0 Å². The van der Waals surface area contributed by atoms with E-state index in [9.17, 15) is 0 Å². The molecule has 0 fully saturated rings. The highest BCUT2D eigenvalue weighted by atomic mass is 15.0. The average molecular weight is 252 g/mol. The van der Waals surface area contributed by atoms with E-state index in [0.29, 0.717) is 6.54 Å². The molecule has 4 heteroatoms. The summed E-state index contributed by atoms with van der Waals surface area (Å²) in [6, 6.07) is 12.3. The SMILES string of the molecule is CC(NCc1nc2ccccc2[nH]1)c1cccnc1. The van der Waals surface area contributed by atoms with Gasteiger partial charge in [0.25, 0.3) is 0 Å². The maximum Gasteiger partial charge on any atom is 0.121 e. The summed E-state index contributed by atoms with van der Waals surface area (Å²) in [5.74, 6) is 0.956. The Kier molecular flexibility index (Phi) is 3.25. The molecule has 19 heavy (non-hydrogen) atoms. The molecule has 0 bridgehead atoms. The molecule has 1 unspecified atom stereocenters. The number of nitrogens with zero attached hydrogens (tertiary/aromatic N) is 2. The zero-order valence-corrected chi connectivity index (χ0v) is 10.8. The van der Waals surface area contributed by atoms with Gasteiger partial charge in [0.15, 0.2) is 0 Å². The zero-order valence-electron chi connectivity index (χ0n) is 10.8.